The van der Waals surface area contributed by atoms with E-state index in [0.29, 0.717) is 10.7 Å². The number of aliphatic hydroxyl groups excluding tert-OH is 1. The number of ketones is 1. The maximum atomic E-state index is 14.9. The van der Waals surface area contributed by atoms with Gasteiger partial charge >= 0.3 is 0 Å². The number of methoxy groups -OCH3 is 1. The maximum absolute atomic E-state index is 14.9. The number of hydrogen-bond acceptors (Lipinski definition) is 4. The van der Waals surface area contributed by atoms with Gasteiger partial charge in [0.2, 0.25) is 0 Å². The fraction of sp³-hybridized carbons (Fsp3) is 0.0833. The van der Waals surface area contributed by atoms with E-state index in [1.165, 1.54) is 37.4 Å². The fourth-order valence-electron chi connectivity index (χ4n) is 3.70. The lowest BCUT2D eigenvalue weighted by Crippen LogP contribution is -2.29. The molecule has 1 atom stereocenters. The minimum Gasteiger partial charge on any atom is -0.507 e. The number of aliphatic hydroxyl groups is 1. The molecule has 0 saturated carbocycles. The van der Waals surface area contributed by atoms with Crippen LogP contribution in [0.4, 0.5) is 10.1 Å². The second kappa shape index (κ2) is 8.65. The van der Waals surface area contributed by atoms with Crippen LogP contribution in [0.3, 0.4) is 0 Å². The van der Waals surface area contributed by atoms with Gasteiger partial charge in [-0.05, 0) is 48.5 Å². The first-order valence-corrected chi connectivity index (χ1v) is 10.2. The number of amides is 1. The smallest absolute Gasteiger partial charge is 0.300 e. The first-order chi connectivity index (χ1) is 15.3. The minimum atomic E-state index is -1.22. The van der Waals surface area contributed by atoms with E-state index in [-0.39, 0.29) is 27.5 Å². The Morgan fingerprint density at radius 3 is 2.31 bits per heavy atom. The molecule has 1 fully saturated rings. The molecule has 8 heteroatoms. The third-order valence-electron chi connectivity index (χ3n) is 5.17. The van der Waals surface area contributed by atoms with Crippen molar-refractivity contribution in [2.45, 2.75) is 6.04 Å². The van der Waals surface area contributed by atoms with Crippen molar-refractivity contribution in [3.8, 4) is 5.75 Å². The average Bonchev–Trinajstić information content (AvgIpc) is 3.04. The zero-order valence-electron chi connectivity index (χ0n) is 16.7. The van der Waals surface area contributed by atoms with Crippen LogP contribution in [0.15, 0.2) is 72.3 Å². The molecule has 1 unspecified atom stereocenters. The Hall–Kier alpha value is -3.35. The summed E-state index contributed by atoms with van der Waals surface area (Å²) in [5.74, 6) is -2.80. The molecule has 1 heterocycles. The summed E-state index contributed by atoms with van der Waals surface area (Å²) in [5, 5.41) is 11.9. The minimum absolute atomic E-state index is 0.0456. The monoisotopic (exact) mass is 471 g/mol. The van der Waals surface area contributed by atoms with Gasteiger partial charge in [-0.3, -0.25) is 14.5 Å². The van der Waals surface area contributed by atoms with Gasteiger partial charge in [0.15, 0.2) is 0 Å². The van der Waals surface area contributed by atoms with E-state index in [1.807, 2.05) is 0 Å². The zero-order valence-corrected chi connectivity index (χ0v) is 18.2. The molecule has 32 heavy (non-hydrogen) atoms. The van der Waals surface area contributed by atoms with Crippen molar-refractivity contribution in [2.75, 3.05) is 12.0 Å². The molecule has 0 radical (unpaired) electrons. The Morgan fingerprint density at radius 2 is 1.66 bits per heavy atom. The summed E-state index contributed by atoms with van der Waals surface area (Å²) in [6.07, 6.45) is 0. The lowest BCUT2D eigenvalue weighted by Gasteiger charge is -2.26. The van der Waals surface area contributed by atoms with E-state index in [1.54, 1.807) is 36.4 Å². The van der Waals surface area contributed by atoms with Crippen LogP contribution in [0.1, 0.15) is 17.2 Å². The fourth-order valence-corrected chi connectivity index (χ4v) is 4.00. The Labute approximate surface area is 193 Å². The molecule has 5 nitrogen and oxygen atoms in total. The van der Waals surface area contributed by atoms with E-state index >= 15 is 0 Å². The summed E-state index contributed by atoms with van der Waals surface area (Å²) < 4.78 is 20.2. The highest BCUT2D eigenvalue weighted by Crippen LogP contribution is 2.44. The molecule has 162 valence electrons. The lowest BCUT2D eigenvalue weighted by atomic mass is 9.94. The van der Waals surface area contributed by atoms with Crippen molar-refractivity contribution in [3.63, 3.8) is 0 Å². The van der Waals surface area contributed by atoms with Crippen LogP contribution in [0, 0.1) is 5.82 Å². The van der Waals surface area contributed by atoms with E-state index in [9.17, 15) is 19.1 Å². The average molecular weight is 472 g/mol. The third-order valence-corrected chi connectivity index (χ3v) is 5.65. The molecule has 0 bridgehead atoms. The van der Waals surface area contributed by atoms with E-state index in [0.717, 1.165) is 4.90 Å². The normalized spacial score (nSPS) is 17.6. The molecular formula is C24H16Cl2FNO4. The summed E-state index contributed by atoms with van der Waals surface area (Å²) in [4.78, 5) is 27.3. The van der Waals surface area contributed by atoms with Crippen molar-refractivity contribution in [2.24, 2.45) is 0 Å². The Bertz CT molecular complexity index is 1260. The number of carbonyl (C=O) groups excluding carboxylic acids is 2. The van der Waals surface area contributed by atoms with Crippen molar-refractivity contribution < 1.29 is 23.8 Å². The molecule has 1 aliphatic rings. The summed E-state index contributed by atoms with van der Waals surface area (Å²) in [7, 11) is 1.39. The summed E-state index contributed by atoms with van der Waals surface area (Å²) in [6, 6.07) is 15.2. The number of nitrogens with zero attached hydrogens (tertiary/aromatic N) is 1. The number of ether oxygens (including phenoxy) is 1. The van der Waals surface area contributed by atoms with Crippen LogP contribution < -0.4 is 9.64 Å². The van der Waals surface area contributed by atoms with Crippen LogP contribution in [0.2, 0.25) is 10.0 Å². The Balaban J connectivity index is 2.01. The predicted molar refractivity (Wildman–Crippen MR) is 121 cm³/mol. The standard InChI is InChI=1S/C24H16Cl2FNO4/c1-32-19-11-8-14(26)12-17(19)22(29)20-21(16-4-2-3-5-18(16)27)28(24(31)23(20)30)15-9-6-13(25)7-10-15/h2-12,21,29H,1H3/b22-20+. The third kappa shape index (κ3) is 3.72. The zero-order chi connectivity index (χ0) is 23.0. The first kappa shape index (κ1) is 21.9. The predicted octanol–water partition coefficient (Wildman–Crippen LogP) is 5.77. The van der Waals surface area contributed by atoms with Gasteiger partial charge in [0.1, 0.15) is 17.3 Å². The highest BCUT2D eigenvalue weighted by atomic mass is 35.5. The Morgan fingerprint density at radius 1 is 1.00 bits per heavy atom. The topological polar surface area (TPSA) is 66.8 Å². The van der Waals surface area contributed by atoms with Gasteiger partial charge in [-0.1, -0.05) is 41.4 Å². The molecule has 1 amide bonds. The van der Waals surface area contributed by atoms with Crippen molar-refractivity contribution in [1.82, 2.24) is 0 Å². The van der Waals surface area contributed by atoms with Crippen LogP contribution in [0.25, 0.3) is 5.76 Å². The highest BCUT2D eigenvalue weighted by Gasteiger charge is 2.48. The molecule has 0 aliphatic carbocycles. The van der Waals surface area contributed by atoms with Gasteiger partial charge in [0, 0.05) is 21.3 Å². The van der Waals surface area contributed by atoms with Gasteiger partial charge in [-0.15, -0.1) is 0 Å². The van der Waals surface area contributed by atoms with E-state index < -0.39 is 29.3 Å². The van der Waals surface area contributed by atoms with Gasteiger partial charge in [-0.25, -0.2) is 4.39 Å². The lowest BCUT2D eigenvalue weighted by molar-refractivity contribution is -0.132. The van der Waals surface area contributed by atoms with Crippen LogP contribution in [-0.2, 0) is 9.59 Å². The largest absolute Gasteiger partial charge is 0.507 e. The second-order valence-electron chi connectivity index (χ2n) is 7.01. The summed E-state index contributed by atoms with van der Waals surface area (Å²) in [6.45, 7) is 0. The molecule has 0 aromatic heterocycles. The van der Waals surface area contributed by atoms with Crippen LogP contribution in [-0.4, -0.2) is 23.9 Å². The van der Waals surface area contributed by atoms with Crippen molar-refractivity contribution in [3.05, 3.63) is 99.3 Å². The summed E-state index contributed by atoms with van der Waals surface area (Å²) >= 11 is 12.0. The molecule has 4 rings (SSSR count). The number of halogens is 3. The molecule has 3 aromatic carbocycles. The molecule has 1 aliphatic heterocycles. The van der Waals surface area contributed by atoms with Gasteiger partial charge < -0.3 is 9.84 Å². The number of anilines is 1. The number of rotatable bonds is 4. The van der Waals surface area contributed by atoms with Gasteiger partial charge in [-0.2, -0.15) is 0 Å². The SMILES string of the molecule is COc1ccc(Cl)cc1/C(O)=C1\C(=O)C(=O)N(c2ccc(Cl)cc2)C1c1ccccc1F. The second-order valence-corrected chi connectivity index (χ2v) is 7.88. The molecule has 0 spiro atoms. The molecule has 3 aromatic rings. The maximum Gasteiger partial charge on any atom is 0.300 e. The number of hydrogen-bond donors (Lipinski definition) is 1. The number of benzene rings is 3. The van der Waals surface area contributed by atoms with Gasteiger partial charge in [0.05, 0.1) is 24.3 Å². The van der Waals surface area contributed by atoms with Crippen LogP contribution in [0.5, 0.6) is 5.75 Å². The van der Waals surface area contributed by atoms with Crippen molar-refractivity contribution in [1.29, 1.82) is 0 Å². The highest BCUT2D eigenvalue weighted by molar-refractivity contribution is 6.51. The van der Waals surface area contributed by atoms with E-state index in [4.69, 9.17) is 27.9 Å². The Kier molecular flexibility index (Phi) is 5.91. The van der Waals surface area contributed by atoms with Crippen molar-refractivity contribution >= 4 is 46.3 Å². The number of Topliss-reactive ketones (excluding diaryl/α,β-unsaturated/α-hetero) is 1. The van der Waals surface area contributed by atoms with Crippen LogP contribution >= 0.6 is 23.2 Å². The summed E-state index contributed by atoms with van der Waals surface area (Å²) in [5.41, 5.74) is 0.192. The quantitative estimate of drug-likeness (QED) is 0.298. The molecular weight excluding hydrogens is 456 g/mol. The number of carbonyl (C=O) groups is 2. The first-order valence-electron chi connectivity index (χ1n) is 9.48. The molecule has 1 saturated heterocycles. The molecule has 1 N–H and O–H groups in total. The van der Waals surface area contributed by atoms with Gasteiger partial charge in [0.25, 0.3) is 11.7 Å². The van der Waals surface area contributed by atoms with E-state index in [2.05, 4.69) is 0 Å².